The van der Waals surface area contributed by atoms with Crippen LogP contribution < -0.4 is 108 Å². The predicted octanol–water partition coefficient (Wildman–Crippen LogP) is -3.83. The van der Waals surface area contributed by atoms with Gasteiger partial charge in [-0.3, -0.25) is 4.57 Å². The monoisotopic (exact) mass is 494 g/mol. The van der Waals surface area contributed by atoms with Crippen molar-refractivity contribution in [1.29, 1.82) is 0 Å². The number of carbonyl (C=O) groups excluding carboxylic acids is 3. The number of hydrogen-bond acceptors (Lipinski definition) is 6. The van der Waals surface area contributed by atoms with Gasteiger partial charge < -0.3 is 19.2 Å². The van der Waals surface area contributed by atoms with E-state index < -0.39 is 20.3 Å². The molecule has 31 heavy (non-hydrogen) atoms. The van der Waals surface area contributed by atoms with Gasteiger partial charge >= 0.3 is 109 Å². The van der Waals surface area contributed by atoms with Crippen LogP contribution in [0.4, 0.5) is 0 Å². The molecule has 154 valence electrons. The minimum Gasteiger partial charge on any atom is -0.766 e. The van der Waals surface area contributed by atoms with Gasteiger partial charge in [0.25, 0.3) is 0 Å². The first-order valence-electron chi connectivity index (χ1n) is 8.55. The molecule has 1 unspecified atom stereocenters. The van der Waals surface area contributed by atoms with Crippen molar-refractivity contribution in [3.05, 3.63) is 71.3 Å². The third kappa shape index (κ3) is 14.4. The average molecular weight is 495 g/mol. The van der Waals surface area contributed by atoms with E-state index in [-0.39, 0.29) is 109 Å². The Kier molecular flexibility index (Phi) is 20.6. The van der Waals surface area contributed by atoms with Gasteiger partial charge in [0.05, 0.1) is 0 Å². The Labute approximate surface area is 267 Å². The van der Waals surface area contributed by atoms with Gasteiger partial charge in [0, 0.05) is 13.2 Å². The quantitative estimate of drug-likeness (QED) is 0.160. The summed E-state index contributed by atoms with van der Waals surface area (Å²) in [5.74, 6) is -0.494. The Bertz CT molecular complexity index is 888. The van der Waals surface area contributed by atoms with E-state index in [0.29, 0.717) is 18.5 Å². The van der Waals surface area contributed by atoms with Crippen molar-refractivity contribution in [1.82, 2.24) is 4.67 Å². The fraction of sp³-hybridized carbons (Fsp3) is 0.250. The largest absolute Gasteiger partial charge is 1.00 e. The zero-order chi connectivity index (χ0) is 21.7. The van der Waals surface area contributed by atoms with E-state index in [0.717, 1.165) is 15.8 Å². The summed E-state index contributed by atoms with van der Waals surface area (Å²) in [5.41, 5.74) is 2.48. The van der Waals surface area contributed by atoms with Crippen LogP contribution >= 0.6 is 7.75 Å². The Hall–Kier alpha value is 0.543. The van der Waals surface area contributed by atoms with Gasteiger partial charge in [-0.25, -0.2) is 4.67 Å². The molecule has 2 aromatic carbocycles. The summed E-state index contributed by atoms with van der Waals surface area (Å²) in [6.45, 7) is 1.80. The summed E-state index contributed by atoms with van der Waals surface area (Å²) in [7, 11) is -2.76. The summed E-state index contributed by atoms with van der Waals surface area (Å²) in [5, 5.41) is 0. The van der Waals surface area contributed by atoms with Crippen LogP contribution in [-0.4, -0.2) is 43.1 Å². The molecule has 0 aromatic heterocycles. The Morgan fingerprint density at radius 2 is 1.68 bits per heavy atom. The molecule has 0 heterocycles. The van der Waals surface area contributed by atoms with Gasteiger partial charge in [0.1, 0.15) is 5.91 Å². The van der Waals surface area contributed by atoms with Gasteiger partial charge in [-0.05, 0) is 31.5 Å². The van der Waals surface area contributed by atoms with E-state index in [4.69, 9.17) is 14.1 Å². The van der Waals surface area contributed by atoms with Crippen LogP contribution in [0, 0.1) is 6.92 Å². The standard InChI is InChI=1S/C19H22N2O4P.CO2.2K/c1-16-8-10-18(11-9-16)19(22)20-13-15-25-26(23,24)21(2)14-12-17-6-4-3-5-7-17;2-1-3;;/h3-11H,12,14-15H2,1-2H3,(H,23,24);;;/q-1;;2*+1/p-1. The van der Waals surface area contributed by atoms with Gasteiger partial charge in [0.2, 0.25) is 7.75 Å². The fourth-order valence-electron chi connectivity index (χ4n) is 2.13. The van der Waals surface area contributed by atoms with Crippen LogP contribution in [0.1, 0.15) is 21.5 Å². The molecule has 8 nitrogen and oxygen atoms in total. The van der Waals surface area contributed by atoms with Crippen LogP contribution in [0.15, 0.2) is 59.6 Å². The first kappa shape index (κ1) is 33.7. The fourth-order valence-corrected chi connectivity index (χ4v) is 2.89. The minimum absolute atomic E-state index is 0. The third-order valence-corrected chi connectivity index (χ3v) is 5.25. The minimum atomic E-state index is -4.21. The molecule has 0 spiro atoms. The molecule has 0 bridgehead atoms. The van der Waals surface area contributed by atoms with E-state index >= 15 is 0 Å². The van der Waals surface area contributed by atoms with Crippen molar-refractivity contribution < 1.29 is 131 Å². The number of hydrogen-bond donors (Lipinski definition) is 0. The summed E-state index contributed by atoms with van der Waals surface area (Å²) < 4.78 is 18.1. The number of nitrogens with zero attached hydrogens (tertiary/aromatic N) is 2. The molecule has 11 heteroatoms. The third-order valence-electron chi connectivity index (χ3n) is 3.76. The smallest absolute Gasteiger partial charge is 0.766 e. The van der Waals surface area contributed by atoms with Crippen molar-refractivity contribution in [2.24, 2.45) is 4.99 Å². The molecule has 0 aliphatic heterocycles. The van der Waals surface area contributed by atoms with E-state index in [9.17, 15) is 14.3 Å². The number of aryl methyl sites for hydroxylation is 1. The maximum atomic E-state index is 12.1. The zero-order valence-electron chi connectivity index (χ0n) is 18.1. The Morgan fingerprint density at radius 3 is 2.23 bits per heavy atom. The predicted molar refractivity (Wildman–Crippen MR) is 104 cm³/mol. The van der Waals surface area contributed by atoms with Crippen molar-refractivity contribution in [3.63, 3.8) is 0 Å². The number of carbonyl (C=O) groups is 1. The molecule has 0 saturated carbocycles. The van der Waals surface area contributed by atoms with Crippen molar-refractivity contribution >= 4 is 26.0 Å². The second-order valence-corrected chi connectivity index (χ2v) is 7.76. The first-order chi connectivity index (χ1) is 13.8. The number of benzene rings is 2. The Morgan fingerprint density at radius 1 is 1.13 bits per heavy atom. The van der Waals surface area contributed by atoms with Crippen LogP contribution in [-0.2, 0) is 25.1 Å². The molecule has 0 N–H and O–H groups in total. The number of likely N-dealkylation sites (N-methyl/N-ethyl adjacent to an activating group) is 1. The van der Waals surface area contributed by atoms with Crippen LogP contribution in [0.25, 0.3) is 0 Å². The molecule has 0 aliphatic carbocycles. The maximum absolute atomic E-state index is 12.1. The van der Waals surface area contributed by atoms with E-state index in [1.165, 1.54) is 7.05 Å². The van der Waals surface area contributed by atoms with Crippen molar-refractivity contribution in [2.75, 3.05) is 20.2 Å². The maximum Gasteiger partial charge on any atom is 1.00 e. The van der Waals surface area contributed by atoms with Gasteiger partial charge in [0.15, 0.2) is 0 Å². The molecule has 0 aliphatic rings. The normalized spacial score (nSPS) is 11.9. The van der Waals surface area contributed by atoms with E-state index in [1.807, 2.05) is 37.3 Å². The molecule has 0 radical (unpaired) electrons. The molecule has 0 saturated heterocycles. The Balaban J connectivity index is 0. The summed E-state index contributed by atoms with van der Waals surface area (Å²) in [6.07, 6.45) is 3.17. The van der Waals surface area contributed by atoms with Crippen molar-refractivity contribution in [3.8, 4) is 0 Å². The second kappa shape index (κ2) is 18.9. The van der Waals surface area contributed by atoms with Crippen LogP contribution in [0.5, 0.6) is 0 Å². The van der Waals surface area contributed by atoms with Crippen molar-refractivity contribution in [2.45, 2.75) is 13.3 Å². The summed E-state index contributed by atoms with van der Waals surface area (Å²) in [4.78, 5) is 43.7. The van der Waals surface area contributed by atoms with Crippen LogP contribution in [0.3, 0.4) is 0 Å². The zero-order valence-corrected chi connectivity index (χ0v) is 25.2. The van der Waals surface area contributed by atoms with Gasteiger partial charge in [-0.1, -0.05) is 60.2 Å². The molecule has 2 rings (SSSR count). The van der Waals surface area contributed by atoms with Gasteiger partial charge in [-0.2, -0.15) is 9.59 Å². The molecule has 1 amide bonds. The van der Waals surface area contributed by atoms with Gasteiger partial charge in [-0.15, -0.1) is 6.21 Å². The topological polar surface area (TPSA) is 116 Å². The SMILES string of the molecule is Cc1ccc(C(=O)N=[C-]COP(=O)([O-])N(C)CCc2ccccc2)cc1.O=C=O.[K+].[K+]. The molecule has 0 fully saturated rings. The van der Waals surface area contributed by atoms with E-state index in [1.54, 1.807) is 24.3 Å². The second-order valence-electron chi connectivity index (χ2n) is 5.88. The van der Waals surface area contributed by atoms with Crippen LogP contribution in [0.2, 0.25) is 0 Å². The number of amides is 1. The summed E-state index contributed by atoms with van der Waals surface area (Å²) in [6, 6.07) is 16.5. The molecule has 1 atom stereocenters. The molecular weight excluding hydrogens is 473 g/mol. The first-order valence-corrected chi connectivity index (χ1v) is 10.0. The van der Waals surface area contributed by atoms with E-state index in [2.05, 4.69) is 11.2 Å². The average Bonchev–Trinajstić information content (AvgIpc) is 2.71. The summed E-state index contributed by atoms with van der Waals surface area (Å²) >= 11 is 0. The molecule has 2 aromatic rings. The number of rotatable bonds is 8. The number of aliphatic imine (C=N–C) groups is 1. The molecular formula is C20H21K2N2O6P.